The van der Waals surface area contributed by atoms with E-state index in [2.05, 4.69) is 97.1 Å². The van der Waals surface area contributed by atoms with Crippen LogP contribution < -0.4 is 9.47 Å². The fourth-order valence-electron chi connectivity index (χ4n) is 5.33. The first-order valence-electron chi connectivity index (χ1n) is 14.2. The van der Waals surface area contributed by atoms with Crippen molar-refractivity contribution in [2.75, 3.05) is 26.4 Å². The molecule has 0 amide bonds. The van der Waals surface area contributed by atoms with E-state index in [0.29, 0.717) is 13.2 Å². The van der Waals surface area contributed by atoms with Crippen LogP contribution in [0.25, 0.3) is 11.1 Å². The van der Waals surface area contributed by atoms with Crippen LogP contribution in [0.4, 0.5) is 0 Å². The number of hydrogen-bond donors (Lipinski definition) is 0. The molecule has 0 saturated carbocycles. The van der Waals surface area contributed by atoms with Crippen LogP contribution in [0.15, 0.2) is 97.1 Å². The van der Waals surface area contributed by atoms with Crippen molar-refractivity contribution in [2.24, 2.45) is 0 Å². The second kappa shape index (κ2) is 12.1. The molecular weight excluding hydrogens is 484 g/mol. The summed E-state index contributed by atoms with van der Waals surface area (Å²) in [6, 6.07) is 34.7. The molecule has 2 unspecified atom stereocenters. The number of rotatable bonds is 8. The van der Waals surface area contributed by atoms with Gasteiger partial charge in [-0.3, -0.25) is 0 Å². The van der Waals surface area contributed by atoms with Gasteiger partial charge in [0.15, 0.2) is 0 Å². The van der Waals surface area contributed by atoms with Gasteiger partial charge in [0, 0.05) is 0 Å². The Morgan fingerprint density at radius 2 is 0.923 bits per heavy atom. The van der Waals surface area contributed by atoms with Crippen molar-refractivity contribution in [3.63, 3.8) is 0 Å². The highest BCUT2D eigenvalue weighted by Crippen LogP contribution is 2.56. The Kier molecular flexibility index (Phi) is 8.35. The zero-order chi connectivity index (χ0) is 27.2. The molecule has 0 bridgehead atoms. The molecule has 0 spiro atoms. The topological polar surface area (TPSA) is 43.5 Å². The summed E-state index contributed by atoms with van der Waals surface area (Å²) in [7, 11) is 0. The molecule has 2 fully saturated rings. The summed E-state index contributed by atoms with van der Waals surface area (Å²) in [5.74, 6) is 1.73. The van der Waals surface area contributed by atoms with Crippen molar-refractivity contribution >= 4 is 0 Å². The Morgan fingerprint density at radius 1 is 0.564 bits per heavy atom. The first kappa shape index (κ1) is 27.0. The normalized spacial score (nSPS) is 18.8. The fraction of sp³-hybridized carbons (Fsp3) is 0.314. The minimum Gasteiger partial charge on any atom is -0.491 e. The highest BCUT2D eigenvalue weighted by atomic mass is 16.6. The highest BCUT2D eigenvalue weighted by molar-refractivity contribution is 5.86. The third-order valence-corrected chi connectivity index (χ3v) is 7.20. The summed E-state index contributed by atoms with van der Waals surface area (Å²) in [6.07, 6.45) is 0.476. The molecule has 0 N–H and O–H groups in total. The van der Waals surface area contributed by atoms with E-state index in [1.165, 1.54) is 33.4 Å². The van der Waals surface area contributed by atoms with Gasteiger partial charge in [-0.15, -0.1) is 0 Å². The smallest absolute Gasteiger partial charge is 0.119 e. The number of hydrogen-bond acceptors (Lipinski definition) is 4. The molecule has 2 saturated heterocycles. The maximum absolute atomic E-state index is 5.94. The van der Waals surface area contributed by atoms with Crippen molar-refractivity contribution in [3.05, 3.63) is 119 Å². The van der Waals surface area contributed by atoms with E-state index in [9.17, 15) is 0 Å². The molecular formula is C35H38O4. The Hall–Kier alpha value is -3.60. The first-order chi connectivity index (χ1) is 19.3. The van der Waals surface area contributed by atoms with Gasteiger partial charge in [0.25, 0.3) is 0 Å². The molecule has 202 valence electrons. The number of ether oxygens (including phenoxy) is 4. The standard InChI is InChI=1S/C31H26O4.2C2H6/c1-3-7-29-27(5-1)28-6-2-4-8-30(28)31(29,21-9-13-23(14-10-21)32-17-25-19-34-25)22-11-15-24(16-12-22)33-18-26-20-35-26;2*1-2/h1-16,25-26H,17-20H2;2*1-2H3. The summed E-state index contributed by atoms with van der Waals surface area (Å²) in [4.78, 5) is 0. The summed E-state index contributed by atoms with van der Waals surface area (Å²) in [5, 5.41) is 0. The fourth-order valence-corrected chi connectivity index (χ4v) is 5.33. The summed E-state index contributed by atoms with van der Waals surface area (Å²) >= 11 is 0. The van der Waals surface area contributed by atoms with Crippen LogP contribution >= 0.6 is 0 Å². The maximum atomic E-state index is 5.94. The van der Waals surface area contributed by atoms with Gasteiger partial charge in [0.1, 0.15) is 36.9 Å². The van der Waals surface area contributed by atoms with Crippen LogP contribution in [0.2, 0.25) is 0 Å². The lowest BCUT2D eigenvalue weighted by molar-refractivity contribution is 0.263. The molecule has 4 aromatic carbocycles. The molecule has 4 heteroatoms. The second-order valence-electron chi connectivity index (χ2n) is 9.42. The van der Waals surface area contributed by atoms with Crippen molar-refractivity contribution in [1.82, 2.24) is 0 Å². The summed E-state index contributed by atoms with van der Waals surface area (Å²) in [5.41, 5.74) is 7.14. The second-order valence-corrected chi connectivity index (χ2v) is 9.42. The summed E-state index contributed by atoms with van der Waals surface area (Å²) < 4.78 is 22.5. The number of fused-ring (bicyclic) bond motifs is 3. The molecule has 2 aliphatic heterocycles. The van der Waals surface area contributed by atoms with Gasteiger partial charge in [0.2, 0.25) is 0 Å². The van der Waals surface area contributed by atoms with Gasteiger partial charge in [-0.05, 0) is 57.6 Å². The molecule has 1 aliphatic carbocycles. The molecule has 4 aromatic rings. The molecule has 3 aliphatic rings. The molecule has 39 heavy (non-hydrogen) atoms. The predicted molar refractivity (Wildman–Crippen MR) is 157 cm³/mol. The van der Waals surface area contributed by atoms with E-state index in [1.54, 1.807) is 0 Å². The lowest BCUT2D eigenvalue weighted by Gasteiger charge is -2.34. The third kappa shape index (κ3) is 5.32. The van der Waals surface area contributed by atoms with Crippen LogP contribution in [0.5, 0.6) is 11.5 Å². The Balaban J connectivity index is 0.000000738. The van der Waals surface area contributed by atoms with Crippen molar-refractivity contribution in [3.8, 4) is 22.6 Å². The van der Waals surface area contributed by atoms with Crippen LogP contribution in [0, 0.1) is 0 Å². The van der Waals surface area contributed by atoms with Crippen LogP contribution in [-0.2, 0) is 14.9 Å². The van der Waals surface area contributed by atoms with Gasteiger partial charge in [0.05, 0.1) is 18.6 Å². The van der Waals surface area contributed by atoms with Gasteiger partial charge >= 0.3 is 0 Å². The van der Waals surface area contributed by atoms with Gasteiger partial charge in [-0.1, -0.05) is 100 Å². The maximum Gasteiger partial charge on any atom is 0.119 e. The van der Waals surface area contributed by atoms with Gasteiger partial charge < -0.3 is 18.9 Å². The zero-order valence-corrected chi connectivity index (χ0v) is 23.4. The SMILES string of the molecule is CC.CC.c1ccc2c(c1)-c1ccccc1C2(c1ccc(OCC2CO2)cc1)c1ccc(OCC2CO2)cc1. The van der Waals surface area contributed by atoms with Gasteiger partial charge in [-0.25, -0.2) is 0 Å². The first-order valence-corrected chi connectivity index (χ1v) is 14.2. The third-order valence-electron chi connectivity index (χ3n) is 7.20. The molecule has 2 atom stereocenters. The summed E-state index contributed by atoms with van der Waals surface area (Å²) in [6.45, 7) is 10.8. The number of epoxide rings is 2. The van der Waals surface area contributed by atoms with Crippen LogP contribution in [-0.4, -0.2) is 38.6 Å². The van der Waals surface area contributed by atoms with Crippen molar-refractivity contribution < 1.29 is 18.9 Å². The molecule has 4 nitrogen and oxygen atoms in total. The Bertz CT molecular complexity index is 1250. The Labute approximate surface area is 232 Å². The highest BCUT2D eigenvalue weighted by Gasteiger charge is 2.45. The lowest BCUT2D eigenvalue weighted by Crippen LogP contribution is -2.28. The van der Waals surface area contributed by atoms with Crippen molar-refractivity contribution in [2.45, 2.75) is 45.3 Å². The van der Waals surface area contributed by atoms with E-state index in [-0.39, 0.29) is 12.2 Å². The minimum atomic E-state index is -0.427. The molecule has 0 radical (unpaired) electrons. The van der Waals surface area contributed by atoms with E-state index < -0.39 is 5.41 Å². The van der Waals surface area contributed by atoms with Crippen LogP contribution in [0.3, 0.4) is 0 Å². The van der Waals surface area contributed by atoms with E-state index >= 15 is 0 Å². The van der Waals surface area contributed by atoms with E-state index in [4.69, 9.17) is 18.9 Å². The average molecular weight is 523 g/mol. The van der Waals surface area contributed by atoms with E-state index in [1.807, 2.05) is 27.7 Å². The quantitative estimate of drug-likeness (QED) is 0.196. The average Bonchev–Trinajstić information content (AvgIpc) is 3.96. The monoisotopic (exact) mass is 522 g/mol. The van der Waals surface area contributed by atoms with Crippen LogP contribution in [0.1, 0.15) is 49.9 Å². The predicted octanol–water partition coefficient (Wildman–Crippen LogP) is 7.66. The largest absolute Gasteiger partial charge is 0.491 e. The van der Waals surface area contributed by atoms with Gasteiger partial charge in [-0.2, -0.15) is 0 Å². The lowest BCUT2D eigenvalue weighted by atomic mass is 9.68. The minimum absolute atomic E-state index is 0.238. The Morgan fingerprint density at radius 3 is 1.28 bits per heavy atom. The zero-order valence-electron chi connectivity index (χ0n) is 23.4. The van der Waals surface area contributed by atoms with Crippen molar-refractivity contribution in [1.29, 1.82) is 0 Å². The molecule has 7 rings (SSSR count). The number of benzene rings is 4. The molecule has 2 heterocycles. The van der Waals surface area contributed by atoms with E-state index in [0.717, 1.165) is 24.7 Å². The molecule has 0 aromatic heterocycles.